The highest BCUT2D eigenvalue weighted by molar-refractivity contribution is 5.26. The number of nitrogens with zero attached hydrogens (tertiary/aromatic N) is 3. The van der Waals surface area contributed by atoms with E-state index in [1.54, 1.807) is 0 Å². The summed E-state index contributed by atoms with van der Waals surface area (Å²) in [5.74, 6) is 0.903. The van der Waals surface area contributed by atoms with E-state index in [1.165, 1.54) is 29.7 Å². The zero-order chi connectivity index (χ0) is 19.4. The highest BCUT2D eigenvalue weighted by Crippen LogP contribution is 2.38. The Kier molecular flexibility index (Phi) is 4.49. The normalized spacial score (nSPS) is 29.9. The average molecular weight is 388 g/mol. The van der Waals surface area contributed by atoms with E-state index in [4.69, 9.17) is 15.5 Å². The molecule has 1 unspecified atom stereocenters. The molecule has 5 rings (SSSR count). The lowest BCUT2D eigenvalue weighted by molar-refractivity contribution is -0.0535. The van der Waals surface area contributed by atoms with E-state index in [-0.39, 0.29) is 17.6 Å². The molecule has 150 valence electrons. The van der Waals surface area contributed by atoms with Gasteiger partial charge in [-0.2, -0.15) is 0 Å². The molecule has 1 saturated heterocycles. The van der Waals surface area contributed by atoms with Crippen molar-refractivity contribution in [1.29, 1.82) is 0 Å². The summed E-state index contributed by atoms with van der Waals surface area (Å²) in [5.41, 5.74) is 9.06. The van der Waals surface area contributed by atoms with Crippen LogP contribution < -0.4 is 5.73 Å². The van der Waals surface area contributed by atoms with Crippen LogP contribution in [-0.4, -0.2) is 33.1 Å². The molecule has 2 N–H and O–H groups in total. The van der Waals surface area contributed by atoms with Crippen molar-refractivity contribution in [2.24, 2.45) is 5.73 Å². The van der Waals surface area contributed by atoms with Crippen LogP contribution in [0.3, 0.4) is 0 Å². The lowest BCUT2D eigenvalue weighted by atomic mass is 9.93. The maximum atomic E-state index is 14.1. The Morgan fingerprint density at radius 1 is 1.29 bits per heavy atom. The van der Waals surface area contributed by atoms with E-state index in [0.29, 0.717) is 18.9 Å². The van der Waals surface area contributed by atoms with E-state index in [9.17, 15) is 8.78 Å². The van der Waals surface area contributed by atoms with Gasteiger partial charge in [0.05, 0.1) is 18.0 Å². The molecule has 3 aliphatic rings. The molecule has 0 spiro atoms. The van der Waals surface area contributed by atoms with Gasteiger partial charge >= 0.3 is 0 Å². The third kappa shape index (κ3) is 2.88. The van der Waals surface area contributed by atoms with Crippen LogP contribution in [-0.2, 0) is 24.4 Å². The molecule has 7 heteroatoms. The van der Waals surface area contributed by atoms with Gasteiger partial charge in [0.25, 0.3) is 0 Å². The molecule has 2 aromatic rings. The summed E-state index contributed by atoms with van der Waals surface area (Å²) in [4.78, 5) is 7.29. The van der Waals surface area contributed by atoms with Crippen LogP contribution in [0.25, 0.3) is 0 Å². The van der Waals surface area contributed by atoms with E-state index >= 15 is 0 Å². The molecular formula is C21H26F2N4O. The zero-order valence-corrected chi connectivity index (χ0v) is 16.1. The van der Waals surface area contributed by atoms with Gasteiger partial charge in [0.15, 0.2) is 0 Å². The standard InChI is InChI=1S/C21H26F2N4O/c1-2-12-5-6-27-19-10-26(9-18(19)25-21(12)27)14-8-17(24)20(28-11-14)15-7-13(22)3-4-16(15)23/h3-4,7,12,14,17,20H,2,5-6,8-11,24H2,1H3/t12?,14-,17+,20-/m1/s1. The number of hydrogen-bond donors (Lipinski definition) is 1. The molecule has 4 heterocycles. The molecular weight excluding hydrogens is 362 g/mol. The molecule has 0 bridgehead atoms. The van der Waals surface area contributed by atoms with Crippen LogP contribution in [0, 0.1) is 11.6 Å². The van der Waals surface area contributed by atoms with Crippen molar-refractivity contribution >= 4 is 0 Å². The van der Waals surface area contributed by atoms with Crippen LogP contribution in [0.2, 0.25) is 0 Å². The topological polar surface area (TPSA) is 56.3 Å². The minimum absolute atomic E-state index is 0.164. The lowest BCUT2D eigenvalue weighted by Crippen LogP contribution is -2.47. The minimum atomic E-state index is -0.608. The first-order valence-corrected chi connectivity index (χ1v) is 10.2. The fourth-order valence-corrected chi connectivity index (χ4v) is 5.07. The molecule has 0 amide bonds. The highest BCUT2D eigenvalue weighted by atomic mass is 19.1. The van der Waals surface area contributed by atoms with Gasteiger partial charge in [-0.1, -0.05) is 6.92 Å². The second-order valence-corrected chi connectivity index (χ2v) is 8.29. The number of aromatic nitrogens is 2. The van der Waals surface area contributed by atoms with Crippen molar-refractivity contribution in [1.82, 2.24) is 14.5 Å². The molecule has 4 atom stereocenters. The van der Waals surface area contributed by atoms with Crippen LogP contribution in [0.5, 0.6) is 0 Å². The highest BCUT2D eigenvalue weighted by Gasteiger charge is 2.39. The Morgan fingerprint density at radius 3 is 2.93 bits per heavy atom. The van der Waals surface area contributed by atoms with Gasteiger partial charge in [0.1, 0.15) is 23.6 Å². The van der Waals surface area contributed by atoms with Crippen molar-refractivity contribution in [3.8, 4) is 0 Å². The van der Waals surface area contributed by atoms with Crippen molar-refractivity contribution in [3.05, 3.63) is 52.6 Å². The summed E-state index contributed by atoms with van der Waals surface area (Å²) >= 11 is 0. The first-order chi connectivity index (χ1) is 13.5. The quantitative estimate of drug-likeness (QED) is 0.877. The maximum absolute atomic E-state index is 14.1. The van der Waals surface area contributed by atoms with Crippen molar-refractivity contribution < 1.29 is 13.5 Å². The molecule has 3 aliphatic heterocycles. The van der Waals surface area contributed by atoms with Gasteiger partial charge in [-0.15, -0.1) is 0 Å². The van der Waals surface area contributed by atoms with E-state index in [2.05, 4.69) is 16.4 Å². The summed E-state index contributed by atoms with van der Waals surface area (Å²) in [6.45, 7) is 5.42. The molecule has 0 radical (unpaired) electrons. The van der Waals surface area contributed by atoms with Gasteiger partial charge < -0.3 is 15.0 Å². The average Bonchev–Trinajstić information content (AvgIpc) is 3.34. The van der Waals surface area contributed by atoms with Crippen LogP contribution in [0.4, 0.5) is 8.78 Å². The third-order valence-electron chi connectivity index (χ3n) is 6.63. The molecule has 1 aromatic carbocycles. The molecule has 1 fully saturated rings. The predicted octanol–water partition coefficient (Wildman–Crippen LogP) is 3.23. The second-order valence-electron chi connectivity index (χ2n) is 8.29. The number of halogens is 2. The minimum Gasteiger partial charge on any atom is -0.370 e. The first-order valence-electron chi connectivity index (χ1n) is 10.2. The SMILES string of the molecule is CCC1CCn2c1nc1c2CN([C@H]2CO[C@H](c3cc(F)ccc3F)[C@@H](N)C2)C1. The maximum Gasteiger partial charge on any atom is 0.129 e. The van der Waals surface area contributed by atoms with Gasteiger partial charge in [0.2, 0.25) is 0 Å². The molecule has 0 saturated carbocycles. The van der Waals surface area contributed by atoms with Crippen LogP contribution in [0.15, 0.2) is 18.2 Å². The second kappa shape index (κ2) is 6.90. The Balaban J connectivity index is 1.28. The number of imidazole rings is 1. The van der Waals surface area contributed by atoms with E-state index in [0.717, 1.165) is 38.2 Å². The molecule has 5 nitrogen and oxygen atoms in total. The summed E-state index contributed by atoms with van der Waals surface area (Å²) < 4.78 is 36.0. The van der Waals surface area contributed by atoms with Crippen LogP contribution >= 0.6 is 0 Å². The Hall–Kier alpha value is -1.83. The summed E-state index contributed by atoms with van der Waals surface area (Å²) in [7, 11) is 0. The number of ether oxygens (including phenoxy) is 1. The number of rotatable bonds is 3. The Morgan fingerprint density at radius 2 is 2.14 bits per heavy atom. The predicted molar refractivity (Wildman–Crippen MR) is 101 cm³/mol. The number of nitrogens with two attached hydrogens (primary N) is 1. The molecule has 1 aromatic heterocycles. The Bertz CT molecular complexity index is 899. The van der Waals surface area contributed by atoms with Crippen molar-refractivity contribution in [2.75, 3.05) is 6.61 Å². The van der Waals surface area contributed by atoms with Gasteiger partial charge in [-0.05, 0) is 37.5 Å². The number of benzene rings is 1. The fourth-order valence-electron chi connectivity index (χ4n) is 5.07. The molecule has 28 heavy (non-hydrogen) atoms. The lowest BCUT2D eigenvalue weighted by Gasteiger charge is -2.38. The van der Waals surface area contributed by atoms with Crippen molar-refractivity contribution in [3.63, 3.8) is 0 Å². The summed E-state index contributed by atoms with van der Waals surface area (Å²) in [6.07, 6.45) is 2.41. The van der Waals surface area contributed by atoms with Gasteiger partial charge in [-0.25, -0.2) is 13.8 Å². The summed E-state index contributed by atoms with van der Waals surface area (Å²) in [5, 5.41) is 0. The smallest absolute Gasteiger partial charge is 0.129 e. The van der Waals surface area contributed by atoms with Crippen molar-refractivity contribution in [2.45, 2.75) is 69.9 Å². The fraction of sp³-hybridized carbons (Fsp3) is 0.571. The van der Waals surface area contributed by atoms with Crippen LogP contribution in [0.1, 0.15) is 61.0 Å². The number of fused-ring (bicyclic) bond motifs is 3. The van der Waals surface area contributed by atoms with Gasteiger partial charge in [-0.3, -0.25) is 4.90 Å². The largest absolute Gasteiger partial charge is 0.370 e. The first kappa shape index (κ1) is 18.2. The zero-order valence-electron chi connectivity index (χ0n) is 16.1. The van der Waals surface area contributed by atoms with E-state index in [1.807, 2.05) is 0 Å². The Labute approximate surface area is 163 Å². The van der Waals surface area contributed by atoms with Gasteiger partial charge in [0, 0.05) is 43.2 Å². The molecule has 0 aliphatic carbocycles. The monoisotopic (exact) mass is 388 g/mol. The van der Waals surface area contributed by atoms with E-state index < -0.39 is 17.7 Å². The summed E-state index contributed by atoms with van der Waals surface area (Å²) in [6, 6.07) is 3.23. The number of hydrogen-bond acceptors (Lipinski definition) is 4. The third-order valence-corrected chi connectivity index (χ3v) is 6.63.